The molecule has 7 heteroatoms. The van der Waals surface area contributed by atoms with Gasteiger partial charge in [0.15, 0.2) is 0 Å². The van der Waals surface area contributed by atoms with Crippen molar-refractivity contribution in [3.8, 4) is 0 Å². The molecule has 1 atom stereocenters. The third kappa shape index (κ3) is 5.42. The highest BCUT2D eigenvalue weighted by atomic mass is 16.2. The molecule has 24 heavy (non-hydrogen) atoms. The molecule has 1 aromatic heterocycles. The average molecular weight is 329 g/mol. The van der Waals surface area contributed by atoms with Crippen LogP contribution in [0.1, 0.15) is 31.0 Å². The largest absolute Gasteiger partial charge is 0.355 e. The van der Waals surface area contributed by atoms with Crippen LogP contribution < -0.4 is 16.0 Å². The first-order chi connectivity index (χ1) is 11.6. The van der Waals surface area contributed by atoms with E-state index in [-0.39, 0.29) is 24.5 Å². The van der Waals surface area contributed by atoms with Crippen molar-refractivity contribution in [2.24, 2.45) is 0 Å². The molecule has 3 N–H and O–H groups in total. The normalized spacial score (nSPS) is 11.6. The van der Waals surface area contributed by atoms with Crippen LogP contribution in [-0.4, -0.2) is 34.8 Å². The van der Waals surface area contributed by atoms with Gasteiger partial charge in [-0.2, -0.15) is 5.10 Å². The SMILES string of the molecule is CCNC(=O)CNC(=O)NC(C)c1cnn(Cc2ccccc2)c1. The summed E-state index contributed by atoms with van der Waals surface area (Å²) in [5.41, 5.74) is 2.06. The summed E-state index contributed by atoms with van der Waals surface area (Å²) in [6, 6.07) is 9.44. The molecule has 0 aliphatic heterocycles. The number of nitrogens with zero attached hydrogens (tertiary/aromatic N) is 2. The predicted octanol–water partition coefficient (Wildman–Crippen LogP) is 1.43. The number of rotatable bonds is 7. The lowest BCUT2D eigenvalue weighted by molar-refractivity contribution is -0.119. The Hall–Kier alpha value is -2.83. The summed E-state index contributed by atoms with van der Waals surface area (Å²) >= 11 is 0. The van der Waals surface area contributed by atoms with E-state index in [0.29, 0.717) is 13.1 Å². The number of amides is 3. The topological polar surface area (TPSA) is 88.1 Å². The molecule has 0 fully saturated rings. The zero-order valence-electron chi connectivity index (χ0n) is 14.0. The molecular formula is C17H23N5O2. The second-order valence-electron chi connectivity index (χ2n) is 5.46. The lowest BCUT2D eigenvalue weighted by Crippen LogP contribution is -2.42. The maximum Gasteiger partial charge on any atom is 0.315 e. The molecule has 1 aromatic carbocycles. The molecular weight excluding hydrogens is 306 g/mol. The number of benzene rings is 1. The number of carbonyl (C=O) groups is 2. The summed E-state index contributed by atoms with van der Waals surface area (Å²) in [5, 5.41) is 12.2. The minimum atomic E-state index is -0.385. The number of nitrogens with one attached hydrogen (secondary N) is 3. The third-order valence-corrected chi connectivity index (χ3v) is 3.47. The minimum Gasteiger partial charge on any atom is -0.355 e. The Kier molecular flexibility index (Phi) is 6.36. The first-order valence-corrected chi connectivity index (χ1v) is 7.95. The molecule has 0 saturated carbocycles. The van der Waals surface area contributed by atoms with E-state index in [1.54, 1.807) is 6.20 Å². The lowest BCUT2D eigenvalue weighted by atomic mass is 10.2. The van der Waals surface area contributed by atoms with Crippen molar-refractivity contribution in [1.29, 1.82) is 0 Å². The summed E-state index contributed by atoms with van der Waals surface area (Å²) in [7, 11) is 0. The van der Waals surface area contributed by atoms with Crippen LogP contribution in [0.15, 0.2) is 42.7 Å². The molecule has 0 aliphatic rings. The van der Waals surface area contributed by atoms with E-state index in [1.165, 1.54) is 0 Å². The summed E-state index contributed by atoms with van der Waals surface area (Å²) in [5.74, 6) is -0.212. The van der Waals surface area contributed by atoms with Crippen molar-refractivity contribution in [2.75, 3.05) is 13.1 Å². The number of aromatic nitrogens is 2. The lowest BCUT2D eigenvalue weighted by Gasteiger charge is -2.13. The quantitative estimate of drug-likeness (QED) is 0.718. The van der Waals surface area contributed by atoms with E-state index in [4.69, 9.17) is 0 Å². The Morgan fingerprint density at radius 3 is 2.67 bits per heavy atom. The third-order valence-electron chi connectivity index (χ3n) is 3.47. The maximum atomic E-state index is 11.8. The van der Waals surface area contributed by atoms with Gasteiger partial charge in [-0.25, -0.2) is 4.79 Å². The van der Waals surface area contributed by atoms with Crippen LogP contribution in [0.3, 0.4) is 0 Å². The summed E-state index contributed by atoms with van der Waals surface area (Å²) < 4.78 is 1.83. The second-order valence-corrected chi connectivity index (χ2v) is 5.46. The van der Waals surface area contributed by atoms with Gasteiger partial charge in [0, 0.05) is 18.3 Å². The van der Waals surface area contributed by atoms with Gasteiger partial charge < -0.3 is 16.0 Å². The van der Waals surface area contributed by atoms with Gasteiger partial charge in [-0.1, -0.05) is 30.3 Å². The molecule has 1 unspecified atom stereocenters. The van der Waals surface area contributed by atoms with E-state index < -0.39 is 0 Å². The predicted molar refractivity (Wildman–Crippen MR) is 91.4 cm³/mol. The molecule has 2 rings (SSSR count). The maximum absolute atomic E-state index is 11.8. The molecule has 0 bridgehead atoms. The summed E-state index contributed by atoms with van der Waals surface area (Å²) in [4.78, 5) is 23.1. The Bertz CT molecular complexity index is 669. The van der Waals surface area contributed by atoms with Crippen LogP contribution in [0.2, 0.25) is 0 Å². The molecule has 2 aromatic rings. The fourth-order valence-electron chi connectivity index (χ4n) is 2.21. The van der Waals surface area contributed by atoms with Crippen LogP contribution >= 0.6 is 0 Å². The van der Waals surface area contributed by atoms with E-state index in [1.807, 2.05) is 55.1 Å². The number of urea groups is 1. The number of hydrogen-bond donors (Lipinski definition) is 3. The van der Waals surface area contributed by atoms with E-state index in [0.717, 1.165) is 11.1 Å². The van der Waals surface area contributed by atoms with Gasteiger partial charge in [-0.05, 0) is 19.4 Å². The van der Waals surface area contributed by atoms with Crippen molar-refractivity contribution < 1.29 is 9.59 Å². The van der Waals surface area contributed by atoms with Crippen molar-refractivity contribution in [2.45, 2.75) is 26.4 Å². The van der Waals surface area contributed by atoms with Gasteiger partial charge in [0.25, 0.3) is 0 Å². The Morgan fingerprint density at radius 1 is 1.21 bits per heavy atom. The van der Waals surface area contributed by atoms with Crippen LogP contribution in [0.25, 0.3) is 0 Å². The molecule has 0 radical (unpaired) electrons. The van der Waals surface area contributed by atoms with Crippen molar-refractivity contribution in [3.05, 3.63) is 53.9 Å². The van der Waals surface area contributed by atoms with Crippen molar-refractivity contribution >= 4 is 11.9 Å². The van der Waals surface area contributed by atoms with Gasteiger partial charge in [-0.15, -0.1) is 0 Å². The first-order valence-electron chi connectivity index (χ1n) is 7.95. The zero-order valence-corrected chi connectivity index (χ0v) is 14.0. The van der Waals surface area contributed by atoms with E-state index in [9.17, 15) is 9.59 Å². The van der Waals surface area contributed by atoms with E-state index in [2.05, 4.69) is 21.0 Å². The minimum absolute atomic E-state index is 0.0420. The second kappa shape index (κ2) is 8.71. The van der Waals surface area contributed by atoms with Crippen LogP contribution in [0.5, 0.6) is 0 Å². The average Bonchev–Trinajstić information content (AvgIpc) is 3.03. The van der Waals surface area contributed by atoms with Crippen molar-refractivity contribution in [3.63, 3.8) is 0 Å². The number of likely N-dealkylation sites (N-methyl/N-ethyl adjacent to an activating group) is 1. The Morgan fingerprint density at radius 2 is 1.96 bits per heavy atom. The highest BCUT2D eigenvalue weighted by Gasteiger charge is 2.12. The van der Waals surface area contributed by atoms with Crippen LogP contribution in [-0.2, 0) is 11.3 Å². The van der Waals surface area contributed by atoms with Crippen LogP contribution in [0.4, 0.5) is 4.79 Å². The first kappa shape index (κ1) is 17.5. The van der Waals surface area contributed by atoms with Gasteiger partial charge >= 0.3 is 6.03 Å². The molecule has 1 heterocycles. The summed E-state index contributed by atoms with van der Waals surface area (Å²) in [6.45, 7) is 4.87. The molecule has 0 saturated heterocycles. The monoisotopic (exact) mass is 329 g/mol. The standard InChI is InChI=1S/C17H23N5O2/c1-3-18-16(23)10-19-17(24)21-13(2)15-9-20-22(12-15)11-14-7-5-4-6-8-14/h4-9,12-13H,3,10-11H2,1-2H3,(H,18,23)(H2,19,21,24). The van der Waals surface area contributed by atoms with Gasteiger partial charge in [-0.3, -0.25) is 9.48 Å². The molecule has 0 aliphatic carbocycles. The number of hydrogen-bond acceptors (Lipinski definition) is 3. The Balaban J connectivity index is 1.83. The molecule has 7 nitrogen and oxygen atoms in total. The van der Waals surface area contributed by atoms with Crippen LogP contribution in [0, 0.1) is 0 Å². The van der Waals surface area contributed by atoms with Crippen molar-refractivity contribution in [1.82, 2.24) is 25.7 Å². The molecule has 3 amide bonds. The zero-order chi connectivity index (χ0) is 17.4. The van der Waals surface area contributed by atoms with Gasteiger partial charge in [0.05, 0.1) is 25.3 Å². The van der Waals surface area contributed by atoms with Gasteiger partial charge in [0.2, 0.25) is 5.91 Å². The summed E-state index contributed by atoms with van der Waals surface area (Å²) in [6.07, 6.45) is 3.64. The molecule has 128 valence electrons. The highest BCUT2D eigenvalue weighted by Crippen LogP contribution is 2.11. The Labute approximate surface area is 141 Å². The fourth-order valence-corrected chi connectivity index (χ4v) is 2.21. The van der Waals surface area contributed by atoms with Gasteiger partial charge in [0.1, 0.15) is 0 Å². The van der Waals surface area contributed by atoms with E-state index >= 15 is 0 Å². The molecule has 0 spiro atoms. The highest BCUT2D eigenvalue weighted by molar-refractivity contribution is 5.83. The number of carbonyl (C=O) groups excluding carboxylic acids is 2. The fraction of sp³-hybridized carbons (Fsp3) is 0.353. The smallest absolute Gasteiger partial charge is 0.315 e.